The minimum atomic E-state index is 1.17. The second-order valence-corrected chi connectivity index (χ2v) is 5.64. The molecule has 0 amide bonds. The van der Waals surface area contributed by atoms with Gasteiger partial charge in [-0.1, -0.05) is 39.7 Å². The Morgan fingerprint density at radius 3 is 2.88 bits per heavy atom. The Labute approximate surface area is 108 Å². The van der Waals surface area contributed by atoms with Gasteiger partial charge in [0.25, 0.3) is 0 Å². The molecule has 1 heterocycles. The average Bonchev–Trinajstić information content (AvgIpc) is 2.70. The van der Waals surface area contributed by atoms with Crippen LogP contribution in [-0.4, -0.2) is 0 Å². The molecule has 82 valence electrons. The highest BCUT2D eigenvalue weighted by molar-refractivity contribution is 9.10. The first-order valence-corrected chi connectivity index (χ1v) is 6.80. The van der Waals surface area contributed by atoms with Crippen LogP contribution < -0.4 is 0 Å². The Morgan fingerprint density at radius 1 is 1.38 bits per heavy atom. The van der Waals surface area contributed by atoms with Crippen LogP contribution in [0.3, 0.4) is 0 Å². The first kappa shape index (κ1) is 11.6. The van der Waals surface area contributed by atoms with E-state index in [1.807, 2.05) is 11.3 Å². The highest BCUT2D eigenvalue weighted by Crippen LogP contribution is 2.31. The van der Waals surface area contributed by atoms with E-state index in [-0.39, 0.29) is 0 Å². The summed E-state index contributed by atoms with van der Waals surface area (Å²) in [4.78, 5) is 1.29. The molecule has 0 radical (unpaired) electrons. The van der Waals surface area contributed by atoms with Crippen molar-refractivity contribution in [3.05, 3.63) is 51.3 Å². The molecular formula is C14H13BrS. The quantitative estimate of drug-likeness (QED) is 0.628. The van der Waals surface area contributed by atoms with Crippen molar-refractivity contribution in [1.82, 2.24) is 0 Å². The van der Waals surface area contributed by atoms with Gasteiger partial charge in [0, 0.05) is 19.4 Å². The zero-order valence-electron chi connectivity index (χ0n) is 9.33. The molecule has 0 bridgehead atoms. The molecule has 0 aliphatic carbocycles. The number of rotatable bonds is 2. The van der Waals surface area contributed by atoms with Crippen LogP contribution >= 0.6 is 27.3 Å². The number of thiophene rings is 1. The predicted molar refractivity (Wildman–Crippen MR) is 78.0 cm³/mol. The maximum Gasteiger partial charge on any atom is 0.0360 e. The summed E-state index contributed by atoms with van der Waals surface area (Å²) in [5.41, 5.74) is 1.29. The fourth-order valence-corrected chi connectivity index (χ4v) is 3.04. The maximum atomic E-state index is 3.58. The standard InChI is InChI=1S/C14H13BrS/c1-3-10(2)7-8-11-9-12-13(15)5-4-6-14(12)16-11/h3-9H,1-2H3/b8-7-,10-3-. The molecule has 2 rings (SSSR count). The van der Waals surface area contributed by atoms with Crippen LogP contribution in [0.5, 0.6) is 0 Å². The zero-order valence-corrected chi connectivity index (χ0v) is 11.7. The summed E-state index contributed by atoms with van der Waals surface area (Å²) < 4.78 is 2.50. The van der Waals surface area contributed by atoms with Crippen LogP contribution in [0.15, 0.2) is 46.5 Å². The summed E-state index contributed by atoms with van der Waals surface area (Å²) in [5, 5.41) is 1.30. The summed E-state index contributed by atoms with van der Waals surface area (Å²) in [5.74, 6) is 0. The van der Waals surface area contributed by atoms with Gasteiger partial charge in [-0.15, -0.1) is 11.3 Å². The third kappa shape index (κ3) is 2.45. The fraction of sp³-hybridized carbons (Fsp3) is 0.143. The Balaban J connectivity index is 2.41. The molecule has 0 unspecified atom stereocenters. The lowest BCUT2D eigenvalue weighted by Crippen LogP contribution is -1.65. The normalized spacial score (nSPS) is 12.8. The van der Waals surface area contributed by atoms with Gasteiger partial charge in [-0.25, -0.2) is 0 Å². The molecule has 1 aromatic heterocycles. The van der Waals surface area contributed by atoms with Gasteiger partial charge in [0.05, 0.1) is 0 Å². The van der Waals surface area contributed by atoms with E-state index < -0.39 is 0 Å². The number of hydrogen-bond acceptors (Lipinski definition) is 1. The van der Waals surface area contributed by atoms with Gasteiger partial charge in [0.2, 0.25) is 0 Å². The van der Waals surface area contributed by atoms with Gasteiger partial charge in [-0.3, -0.25) is 0 Å². The molecule has 0 saturated carbocycles. The first-order valence-electron chi connectivity index (χ1n) is 5.20. The van der Waals surface area contributed by atoms with E-state index in [9.17, 15) is 0 Å². The number of halogens is 1. The van der Waals surface area contributed by atoms with Crippen LogP contribution in [-0.2, 0) is 0 Å². The van der Waals surface area contributed by atoms with Crippen molar-refractivity contribution in [3.63, 3.8) is 0 Å². The van der Waals surface area contributed by atoms with Crippen molar-refractivity contribution in [2.45, 2.75) is 13.8 Å². The van der Waals surface area contributed by atoms with Gasteiger partial charge in [-0.05, 0) is 38.1 Å². The summed E-state index contributed by atoms with van der Waals surface area (Å²) >= 11 is 5.39. The lowest BCUT2D eigenvalue weighted by molar-refractivity contribution is 1.49. The highest BCUT2D eigenvalue weighted by atomic mass is 79.9. The summed E-state index contributed by atoms with van der Waals surface area (Å²) in [6, 6.07) is 8.54. The lowest BCUT2D eigenvalue weighted by atomic mass is 10.2. The molecule has 0 fully saturated rings. The number of allylic oxidation sites excluding steroid dienone is 3. The van der Waals surface area contributed by atoms with E-state index in [0.717, 1.165) is 0 Å². The van der Waals surface area contributed by atoms with Crippen LogP contribution in [0.2, 0.25) is 0 Å². The summed E-state index contributed by atoms with van der Waals surface area (Å²) in [6.07, 6.45) is 6.44. The molecule has 2 heteroatoms. The van der Waals surface area contributed by atoms with Crippen molar-refractivity contribution in [2.24, 2.45) is 0 Å². The Bertz CT molecular complexity index is 561. The third-order valence-corrected chi connectivity index (χ3v) is 4.25. The second kappa shape index (κ2) is 4.98. The molecule has 0 spiro atoms. The SMILES string of the molecule is C/C=C(C)\C=C/c1cc2c(Br)cccc2s1. The zero-order chi connectivity index (χ0) is 11.5. The Hall–Kier alpha value is -0.860. The largest absolute Gasteiger partial charge is 0.136 e. The van der Waals surface area contributed by atoms with Crippen molar-refractivity contribution in [3.8, 4) is 0 Å². The minimum absolute atomic E-state index is 1.17. The molecule has 2 aromatic rings. The predicted octanol–water partition coefficient (Wildman–Crippen LogP) is 5.64. The molecule has 16 heavy (non-hydrogen) atoms. The van der Waals surface area contributed by atoms with Crippen molar-refractivity contribution in [2.75, 3.05) is 0 Å². The lowest BCUT2D eigenvalue weighted by Gasteiger charge is -1.89. The first-order chi connectivity index (χ1) is 7.70. The van der Waals surface area contributed by atoms with E-state index in [0.29, 0.717) is 0 Å². The van der Waals surface area contributed by atoms with Gasteiger partial charge in [-0.2, -0.15) is 0 Å². The fourth-order valence-electron chi connectivity index (χ4n) is 1.44. The van der Waals surface area contributed by atoms with Crippen LogP contribution in [0, 0.1) is 0 Å². The Kier molecular flexibility index (Phi) is 3.62. The molecular weight excluding hydrogens is 280 g/mol. The second-order valence-electron chi connectivity index (χ2n) is 3.67. The molecule has 0 aliphatic rings. The topological polar surface area (TPSA) is 0 Å². The van der Waals surface area contributed by atoms with Crippen LogP contribution in [0.1, 0.15) is 18.7 Å². The van der Waals surface area contributed by atoms with Crippen molar-refractivity contribution < 1.29 is 0 Å². The minimum Gasteiger partial charge on any atom is -0.136 e. The third-order valence-electron chi connectivity index (χ3n) is 2.49. The van der Waals surface area contributed by atoms with Crippen LogP contribution in [0.4, 0.5) is 0 Å². The number of benzene rings is 1. The Morgan fingerprint density at radius 2 is 2.19 bits per heavy atom. The van der Waals surface area contributed by atoms with E-state index in [2.05, 4.69) is 72.3 Å². The van der Waals surface area contributed by atoms with E-state index in [1.165, 1.54) is 25.0 Å². The molecule has 0 saturated heterocycles. The van der Waals surface area contributed by atoms with Gasteiger partial charge < -0.3 is 0 Å². The summed E-state index contributed by atoms with van der Waals surface area (Å²) in [7, 11) is 0. The maximum absolute atomic E-state index is 3.58. The molecule has 1 aromatic carbocycles. The van der Waals surface area contributed by atoms with Gasteiger partial charge in [0.15, 0.2) is 0 Å². The van der Waals surface area contributed by atoms with Gasteiger partial charge in [0.1, 0.15) is 0 Å². The van der Waals surface area contributed by atoms with E-state index in [4.69, 9.17) is 0 Å². The number of fused-ring (bicyclic) bond motifs is 1. The van der Waals surface area contributed by atoms with E-state index >= 15 is 0 Å². The van der Waals surface area contributed by atoms with E-state index in [1.54, 1.807) is 0 Å². The van der Waals surface area contributed by atoms with Gasteiger partial charge >= 0.3 is 0 Å². The summed E-state index contributed by atoms with van der Waals surface area (Å²) in [6.45, 7) is 4.17. The number of hydrogen-bond donors (Lipinski definition) is 0. The van der Waals surface area contributed by atoms with Crippen molar-refractivity contribution in [1.29, 1.82) is 0 Å². The molecule has 0 N–H and O–H groups in total. The van der Waals surface area contributed by atoms with Crippen LogP contribution in [0.25, 0.3) is 16.2 Å². The van der Waals surface area contributed by atoms with Crippen molar-refractivity contribution >= 4 is 43.4 Å². The smallest absolute Gasteiger partial charge is 0.0360 e. The highest BCUT2D eigenvalue weighted by Gasteiger charge is 2.01. The molecule has 0 aliphatic heterocycles. The average molecular weight is 293 g/mol. The molecule has 0 nitrogen and oxygen atoms in total. The monoisotopic (exact) mass is 292 g/mol. The molecule has 0 atom stereocenters.